The fourth-order valence-corrected chi connectivity index (χ4v) is 2.26. The van der Waals surface area contributed by atoms with Gasteiger partial charge in [0, 0.05) is 10.9 Å². The Bertz CT molecular complexity index is 418. The molecule has 1 rings (SSSR count). The van der Waals surface area contributed by atoms with E-state index in [1.54, 1.807) is 18.2 Å². The summed E-state index contributed by atoms with van der Waals surface area (Å²) in [4.78, 5) is 22.2. The lowest BCUT2D eigenvalue weighted by Gasteiger charge is -2.07. The van der Waals surface area contributed by atoms with Gasteiger partial charge in [-0.15, -0.1) is 0 Å². The number of benzene rings is 1. The molecule has 0 amide bonds. The summed E-state index contributed by atoms with van der Waals surface area (Å²) in [6.45, 7) is 0. The van der Waals surface area contributed by atoms with Crippen molar-refractivity contribution in [3.8, 4) is 0 Å². The standard InChI is InChI=1S/C11H10BrClO3/c1-16-9(14)6-5-7-3-2-4-8(12)10(7)11(13)15/h2-4H,5-6H2,1H3. The Hall–Kier alpha value is -0.870. The second-order valence-electron chi connectivity index (χ2n) is 3.12. The molecule has 1 aromatic rings. The lowest BCUT2D eigenvalue weighted by Crippen LogP contribution is -2.05. The molecule has 86 valence electrons. The van der Waals surface area contributed by atoms with Crippen LogP contribution in [0.15, 0.2) is 22.7 Å². The molecule has 0 aromatic heterocycles. The largest absolute Gasteiger partial charge is 0.469 e. The summed E-state index contributed by atoms with van der Waals surface area (Å²) >= 11 is 8.73. The van der Waals surface area contributed by atoms with E-state index in [0.717, 1.165) is 5.56 Å². The summed E-state index contributed by atoms with van der Waals surface area (Å²) in [6.07, 6.45) is 0.657. The molecule has 16 heavy (non-hydrogen) atoms. The molecule has 3 nitrogen and oxygen atoms in total. The van der Waals surface area contributed by atoms with E-state index in [2.05, 4.69) is 20.7 Å². The molecule has 0 bridgehead atoms. The van der Waals surface area contributed by atoms with Gasteiger partial charge < -0.3 is 4.74 Å². The molecule has 5 heteroatoms. The van der Waals surface area contributed by atoms with E-state index < -0.39 is 5.24 Å². The number of methoxy groups -OCH3 is 1. The number of esters is 1. The average molecular weight is 306 g/mol. The molecule has 0 radical (unpaired) electrons. The second-order valence-corrected chi connectivity index (χ2v) is 4.32. The molecule has 0 aliphatic heterocycles. The molecule has 0 saturated carbocycles. The van der Waals surface area contributed by atoms with E-state index >= 15 is 0 Å². The maximum absolute atomic E-state index is 11.2. The van der Waals surface area contributed by atoms with Gasteiger partial charge in [-0.3, -0.25) is 9.59 Å². The van der Waals surface area contributed by atoms with E-state index in [0.29, 0.717) is 16.5 Å². The van der Waals surface area contributed by atoms with E-state index in [-0.39, 0.29) is 12.4 Å². The van der Waals surface area contributed by atoms with E-state index in [9.17, 15) is 9.59 Å². The van der Waals surface area contributed by atoms with Crippen LogP contribution in [0.3, 0.4) is 0 Å². The summed E-state index contributed by atoms with van der Waals surface area (Å²) in [5.41, 5.74) is 1.15. The van der Waals surface area contributed by atoms with Gasteiger partial charge >= 0.3 is 5.97 Å². The summed E-state index contributed by atoms with van der Waals surface area (Å²) in [6, 6.07) is 5.29. The molecule has 0 fully saturated rings. The van der Waals surface area contributed by atoms with Gasteiger partial charge in [-0.25, -0.2) is 0 Å². The van der Waals surface area contributed by atoms with Gasteiger partial charge in [-0.2, -0.15) is 0 Å². The third-order valence-electron chi connectivity index (χ3n) is 2.12. The third-order valence-corrected chi connectivity index (χ3v) is 2.97. The predicted molar refractivity (Wildman–Crippen MR) is 64.7 cm³/mol. The van der Waals surface area contributed by atoms with Crippen LogP contribution in [0.2, 0.25) is 0 Å². The number of hydrogen-bond donors (Lipinski definition) is 0. The van der Waals surface area contributed by atoms with Crippen molar-refractivity contribution in [3.63, 3.8) is 0 Å². The smallest absolute Gasteiger partial charge is 0.305 e. The van der Waals surface area contributed by atoms with Gasteiger partial charge in [-0.05, 0) is 45.6 Å². The fraction of sp³-hybridized carbons (Fsp3) is 0.273. The zero-order valence-electron chi connectivity index (χ0n) is 8.63. The number of ether oxygens (including phenoxy) is 1. The van der Waals surface area contributed by atoms with Crippen LogP contribution in [0.1, 0.15) is 22.3 Å². The number of halogens is 2. The van der Waals surface area contributed by atoms with Crippen LogP contribution in [0.5, 0.6) is 0 Å². The van der Waals surface area contributed by atoms with Gasteiger partial charge in [-0.1, -0.05) is 12.1 Å². The van der Waals surface area contributed by atoms with Crippen LogP contribution in [0.4, 0.5) is 0 Å². The minimum absolute atomic E-state index is 0.226. The molecule has 0 heterocycles. The monoisotopic (exact) mass is 304 g/mol. The summed E-state index contributed by atoms with van der Waals surface area (Å²) in [7, 11) is 1.33. The Labute approximate surface area is 107 Å². The molecule has 0 N–H and O–H groups in total. The normalized spacial score (nSPS) is 9.94. The topological polar surface area (TPSA) is 43.4 Å². The quantitative estimate of drug-likeness (QED) is 0.634. The van der Waals surface area contributed by atoms with E-state index in [4.69, 9.17) is 11.6 Å². The number of carbonyl (C=O) groups is 2. The molecule has 0 aliphatic carbocycles. The van der Waals surface area contributed by atoms with Crippen LogP contribution in [-0.4, -0.2) is 18.3 Å². The van der Waals surface area contributed by atoms with Crippen LogP contribution in [0, 0.1) is 0 Å². The molecule has 0 aliphatic rings. The van der Waals surface area contributed by atoms with Crippen molar-refractivity contribution in [2.75, 3.05) is 7.11 Å². The third kappa shape index (κ3) is 3.32. The SMILES string of the molecule is COC(=O)CCc1cccc(Br)c1C(=O)Cl. The Morgan fingerprint density at radius 2 is 2.12 bits per heavy atom. The summed E-state index contributed by atoms with van der Waals surface area (Å²) < 4.78 is 5.17. The summed E-state index contributed by atoms with van der Waals surface area (Å²) in [5, 5.41) is -0.535. The molecule has 0 saturated heterocycles. The van der Waals surface area contributed by atoms with Gasteiger partial charge in [0.05, 0.1) is 12.7 Å². The summed E-state index contributed by atoms with van der Waals surface area (Å²) in [5.74, 6) is -0.312. The number of hydrogen-bond acceptors (Lipinski definition) is 3. The molecule has 0 unspecified atom stereocenters. The van der Waals surface area contributed by atoms with Crippen molar-refractivity contribution in [2.45, 2.75) is 12.8 Å². The average Bonchev–Trinajstić information content (AvgIpc) is 2.25. The Morgan fingerprint density at radius 3 is 2.69 bits per heavy atom. The van der Waals surface area contributed by atoms with Crippen molar-refractivity contribution in [3.05, 3.63) is 33.8 Å². The van der Waals surface area contributed by atoms with Crippen molar-refractivity contribution >= 4 is 38.7 Å². The lowest BCUT2D eigenvalue weighted by atomic mass is 10.0. The highest BCUT2D eigenvalue weighted by Gasteiger charge is 2.13. The maximum Gasteiger partial charge on any atom is 0.305 e. The second kappa shape index (κ2) is 6.01. The molecule has 0 atom stereocenters. The van der Waals surface area contributed by atoms with E-state index in [1.807, 2.05) is 0 Å². The Balaban J connectivity index is 2.91. The minimum atomic E-state index is -0.535. The number of rotatable bonds is 4. The van der Waals surface area contributed by atoms with Crippen molar-refractivity contribution < 1.29 is 14.3 Å². The molecule has 1 aromatic carbocycles. The first-order valence-electron chi connectivity index (χ1n) is 4.60. The van der Waals surface area contributed by atoms with Gasteiger partial charge in [0.2, 0.25) is 0 Å². The number of aryl methyl sites for hydroxylation is 1. The number of carbonyl (C=O) groups excluding carboxylic acids is 2. The predicted octanol–water partition coefficient (Wildman–Crippen LogP) is 2.93. The van der Waals surface area contributed by atoms with E-state index in [1.165, 1.54) is 7.11 Å². The van der Waals surface area contributed by atoms with Crippen LogP contribution >= 0.6 is 27.5 Å². The molecular formula is C11H10BrClO3. The molecule has 0 spiro atoms. The zero-order valence-corrected chi connectivity index (χ0v) is 11.0. The van der Waals surface area contributed by atoms with Gasteiger partial charge in [0.1, 0.15) is 0 Å². The first-order valence-corrected chi connectivity index (χ1v) is 5.77. The van der Waals surface area contributed by atoms with Gasteiger partial charge in [0.15, 0.2) is 0 Å². The fourth-order valence-electron chi connectivity index (χ4n) is 1.34. The zero-order chi connectivity index (χ0) is 12.1. The Morgan fingerprint density at radius 1 is 1.44 bits per heavy atom. The Kier molecular flexibility index (Phi) is 4.96. The van der Waals surface area contributed by atoms with Crippen LogP contribution in [0.25, 0.3) is 0 Å². The minimum Gasteiger partial charge on any atom is -0.469 e. The highest BCUT2D eigenvalue weighted by atomic mass is 79.9. The highest BCUT2D eigenvalue weighted by Crippen LogP contribution is 2.23. The van der Waals surface area contributed by atoms with Gasteiger partial charge in [0.25, 0.3) is 5.24 Å². The first-order chi connectivity index (χ1) is 7.56. The van der Waals surface area contributed by atoms with Crippen molar-refractivity contribution in [1.82, 2.24) is 0 Å². The lowest BCUT2D eigenvalue weighted by molar-refractivity contribution is -0.140. The van der Waals surface area contributed by atoms with Crippen LogP contribution in [-0.2, 0) is 16.0 Å². The van der Waals surface area contributed by atoms with Crippen molar-refractivity contribution in [1.29, 1.82) is 0 Å². The maximum atomic E-state index is 11.2. The van der Waals surface area contributed by atoms with Crippen molar-refractivity contribution in [2.24, 2.45) is 0 Å². The first kappa shape index (κ1) is 13.2. The highest BCUT2D eigenvalue weighted by molar-refractivity contribution is 9.10. The van der Waals surface area contributed by atoms with Crippen LogP contribution < -0.4 is 0 Å². The molecular weight excluding hydrogens is 295 g/mol.